The van der Waals surface area contributed by atoms with Crippen LogP contribution in [0.1, 0.15) is 30.4 Å². The van der Waals surface area contributed by atoms with Crippen LogP contribution in [0.4, 0.5) is 0 Å². The molecule has 0 fully saturated rings. The number of rotatable bonds is 8. The van der Waals surface area contributed by atoms with Gasteiger partial charge in [0.2, 0.25) is 12.7 Å². The third-order valence-electron chi connectivity index (χ3n) is 6.05. The molecule has 4 aromatic rings. The molecule has 0 saturated carbocycles. The maximum absolute atomic E-state index is 12.7. The molecule has 0 saturated heterocycles. The molecule has 1 aromatic heterocycles. The topological polar surface area (TPSA) is 65.4 Å². The highest BCUT2D eigenvalue weighted by atomic mass is 16.7. The van der Waals surface area contributed by atoms with Gasteiger partial charge in [-0.1, -0.05) is 55.5 Å². The van der Waals surface area contributed by atoms with Crippen molar-refractivity contribution in [1.29, 1.82) is 0 Å². The zero-order valence-corrected chi connectivity index (χ0v) is 19.1. The zero-order valence-electron chi connectivity index (χ0n) is 19.1. The number of carbonyl (C=O) groups excluding carboxylic acids is 1. The molecule has 1 amide bonds. The van der Waals surface area contributed by atoms with Crippen LogP contribution in [0.15, 0.2) is 85.1 Å². The van der Waals surface area contributed by atoms with Crippen molar-refractivity contribution >= 4 is 5.91 Å². The lowest BCUT2D eigenvalue weighted by Gasteiger charge is -2.13. The number of hydrogen-bond donors (Lipinski definition) is 1. The summed E-state index contributed by atoms with van der Waals surface area (Å²) in [6, 6.07) is 26.0. The Morgan fingerprint density at radius 1 is 1.00 bits per heavy atom. The van der Waals surface area contributed by atoms with E-state index >= 15 is 0 Å². The van der Waals surface area contributed by atoms with Crippen LogP contribution in [0.25, 0.3) is 16.9 Å². The van der Waals surface area contributed by atoms with E-state index in [4.69, 9.17) is 14.6 Å². The van der Waals surface area contributed by atoms with Crippen molar-refractivity contribution in [2.24, 2.45) is 0 Å². The lowest BCUT2D eigenvalue weighted by Crippen LogP contribution is -2.27. The minimum Gasteiger partial charge on any atom is -0.454 e. The molecule has 6 heteroatoms. The van der Waals surface area contributed by atoms with E-state index in [-0.39, 0.29) is 18.6 Å². The molecule has 1 aliphatic rings. The molecule has 6 nitrogen and oxygen atoms in total. The first-order valence-electron chi connectivity index (χ1n) is 11.5. The smallest absolute Gasteiger partial charge is 0.231 e. The maximum atomic E-state index is 12.7. The SMILES string of the molecule is C[C@H](CNC(=O)CCc1cn(-c2ccccc2)nc1-c1ccc2c(c1)OCO2)c1ccccc1. The van der Waals surface area contributed by atoms with Crippen molar-refractivity contribution in [1.82, 2.24) is 15.1 Å². The zero-order chi connectivity index (χ0) is 23.3. The van der Waals surface area contributed by atoms with Gasteiger partial charge in [0.15, 0.2) is 11.5 Å². The van der Waals surface area contributed by atoms with Gasteiger partial charge in [-0.25, -0.2) is 4.68 Å². The van der Waals surface area contributed by atoms with Crippen LogP contribution in [0.2, 0.25) is 0 Å². The number of nitrogens with one attached hydrogen (secondary N) is 1. The van der Waals surface area contributed by atoms with E-state index in [9.17, 15) is 4.79 Å². The molecule has 34 heavy (non-hydrogen) atoms. The van der Waals surface area contributed by atoms with Crippen molar-refractivity contribution < 1.29 is 14.3 Å². The predicted molar refractivity (Wildman–Crippen MR) is 131 cm³/mol. The lowest BCUT2D eigenvalue weighted by molar-refractivity contribution is -0.121. The Labute approximate surface area is 199 Å². The third kappa shape index (κ3) is 4.81. The second-order valence-electron chi connectivity index (χ2n) is 8.47. The van der Waals surface area contributed by atoms with E-state index in [0.29, 0.717) is 25.1 Å². The van der Waals surface area contributed by atoms with E-state index < -0.39 is 0 Å². The number of nitrogens with zero attached hydrogens (tertiary/aromatic N) is 2. The van der Waals surface area contributed by atoms with Crippen molar-refractivity contribution in [3.8, 4) is 28.4 Å². The lowest BCUT2D eigenvalue weighted by atomic mass is 10.0. The van der Waals surface area contributed by atoms with Crippen molar-refractivity contribution in [2.75, 3.05) is 13.3 Å². The van der Waals surface area contributed by atoms with Crippen LogP contribution in [-0.2, 0) is 11.2 Å². The van der Waals surface area contributed by atoms with E-state index in [2.05, 4.69) is 24.4 Å². The number of carbonyl (C=O) groups is 1. The molecule has 0 bridgehead atoms. The fraction of sp³-hybridized carbons (Fsp3) is 0.214. The second kappa shape index (κ2) is 9.83. The largest absolute Gasteiger partial charge is 0.454 e. The van der Waals surface area contributed by atoms with Crippen molar-refractivity contribution in [3.63, 3.8) is 0 Å². The van der Waals surface area contributed by atoms with Gasteiger partial charge in [-0.05, 0) is 53.8 Å². The average Bonchev–Trinajstić information content (AvgIpc) is 3.54. The summed E-state index contributed by atoms with van der Waals surface area (Å²) in [5.41, 5.74) is 4.97. The summed E-state index contributed by atoms with van der Waals surface area (Å²) in [6.45, 7) is 2.96. The summed E-state index contributed by atoms with van der Waals surface area (Å²) in [7, 11) is 0. The monoisotopic (exact) mass is 453 g/mol. The van der Waals surface area contributed by atoms with Gasteiger partial charge < -0.3 is 14.8 Å². The molecule has 1 aliphatic heterocycles. The van der Waals surface area contributed by atoms with Crippen LogP contribution >= 0.6 is 0 Å². The standard InChI is InChI=1S/C28H27N3O3/c1-20(21-8-4-2-5-9-21)17-29-27(32)15-13-23-18-31(24-10-6-3-7-11-24)30-28(23)22-12-14-25-26(16-22)34-19-33-25/h2-12,14,16,18,20H,13,15,17,19H2,1H3,(H,29,32)/t20-/m1/s1. The molecule has 2 heterocycles. The van der Waals surface area contributed by atoms with Crippen LogP contribution in [0.5, 0.6) is 11.5 Å². The summed E-state index contributed by atoms with van der Waals surface area (Å²) in [5.74, 6) is 1.74. The van der Waals surface area contributed by atoms with Crippen LogP contribution < -0.4 is 14.8 Å². The van der Waals surface area contributed by atoms with Gasteiger partial charge >= 0.3 is 0 Å². The predicted octanol–water partition coefficient (Wildman–Crippen LogP) is 5.12. The van der Waals surface area contributed by atoms with E-state index in [1.807, 2.05) is 77.6 Å². The number of para-hydroxylation sites is 1. The van der Waals surface area contributed by atoms with Gasteiger partial charge in [0.1, 0.15) is 0 Å². The first-order chi connectivity index (χ1) is 16.7. The highest BCUT2D eigenvalue weighted by Crippen LogP contribution is 2.36. The van der Waals surface area contributed by atoms with E-state index in [0.717, 1.165) is 28.3 Å². The molecule has 0 aliphatic carbocycles. The van der Waals surface area contributed by atoms with Crippen molar-refractivity contribution in [2.45, 2.75) is 25.7 Å². The first kappa shape index (κ1) is 21.8. The van der Waals surface area contributed by atoms with Gasteiger partial charge in [0.05, 0.1) is 11.4 Å². The molecule has 0 unspecified atom stereocenters. The van der Waals surface area contributed by atoms with Gasteiger partial charge in [0.25, 0.3) is 0 Å². The molecule has 5 rings (SSSR count). The number of benzene rings is 3. The normalized spacial score (nSPS) is 13.0. The molecule has 1 atom stereocenters. The van der Waals surface area contributed by atoms with Gasteiger partial charge in [-0.2, -0.15) is 5.10 Å². The summed E-state index contributed by atoms with van der Waals surface area (Å²) in [5, 5.41) is 7.94. The Morgan fingerprint density at radius 2 is 1.74 bits per heavy atom. The number of aromatic nitrogens is 2. The van der Waals surface area contributed by atoms with Crippen molar-refractivity contribution in [3.05, 3.63) is 96.2 Å². The molecular formula is C28H27N3O3. The Balaban J connectivity index is 1.32. The fourth-order valence-electron chi connectivity index (χ4n) is 4.10. The number of fused-ring (bicyclic) bond motifs is 1. The Morgan fingerprint density at radius 3 is 2.53 bits per heavy atom. The summed E-state index contributed by atoms with van der Waals surface area (Å²) in [6.07, 6.45) is 2.98. The molecule has 3 aromatic carbocycles. The van der Waals surface area contributed by atoms with Gasteiger partial charge in [-0.15, -0.1) is 0 Å². The summed E-state index contributed by atoms with van der Waals surface area (Å²) >= 11 is 0. The van der Waals surface area contributed by atoms with Crippen LogP contribution in [0.3, 0.4) is 0 Å². The molecule has 0 radical (unpaired) electrons. The number of ether oxygens (including phenoxy) is 2. The Hall–Kier alpha value is -4.06. The number of amides is 1. The summed E-state index contributed by atoms with van der Waals surface area (Å²) < 4.78 is 12.9. The minimum absolute atomic E-state index is 0.0341. The van der Waals surface area contributed by atoms with Gasteiger partial charge in [-0.3, -0.25) is 4.79 Å². The minimum atomic E-state index is 0.0341. The van der Waals surface area contributed by atoms with Crippen LogP contribution in [-0.4, -0.2) is 29.0 Å². The van der Waals surface area contributed by atoms with E-state index in [1.54, 1.807) is 0 Å². The highest BCUT2D eigenvalue weighted by molar-refractivity contribution is 5.77. The molecule has 0 spiro atoms. The highest BCUT2D eigenvalue weighted by Gasteiger charge is 2.19. The average molecular weight is 454 g/mol. The Kier molecular flexibility index (Phi) is 6.29. The van der Waals surface area contributed by atoms with Gasteiger partial charge in [0, 0.05) is 24.7 Å². The molecule has 1 N–H and O–H groups in total. The second-order valence-corrected chi connectivity index (χ2v) is 8.47. The van der Waals surface area contributed by atoms with E-state index in [1.165, 1.54) is 5.56 Å². The number of aryl methyl sites for hydroxylation is 1. The van der Waals surface area contributed by atoms with Crippen LogP contribution in [0, 0.1) is 0 Å². The quantitative estimate of drug-likeness (QED) is 0.402. The third-order valence-corrected chi connectivity index (χ3v) is 6.05. The summed E-state index contributed by atoms with van der Waals surface area (Å²) in [4.78, 5) is 12.7. The first-order valence-corrected chi connectivity index (χ1v) is 11.5. The Bertz CT molecular complexity index is 1270. The fourth-order valence-corrected chi connectivity index (χ4v) is 4.10. The molecule has 172 valence electrons. The molecular weight excluding hydrogens is 426 g/mol. The number of hydrogen-bond acceptors (Lipinski definition) is 4. The maximum Gasteiger partial charge on any atom is 0.231 e.